The Hall–Kier alpha value is -2.89. The zero-order valence-corrected chi connectivity index (χ0v) is 12.0. The van der Waals surface area contributed by atoms with Crippen molar-refractivity contribution in [2.75, 3.05) is 5.32 Å². The number of amides is 3. The van der Waals surface area contributed by atoms with E-state index in [-0.39, 0.29) is 17.4 Å². The summed E-state index contributed by atoms with van der Waals surface area (Å²) < 4.78 is 12.9. The van der Waals surface area contributed by atoms with Crippen LogP contribution >= 0.6 is 0 Å². The van der Waals surface area contributed by atoms with Crippen LogP contribution in [0.3, 0.4) is 0 Å². The van der Waals surface area contributed by atoms with Crippen molar-refractivity contribution in [1.82, 2.24) is 5.32 Å². The number of hydrogen-bond acceptors (Lipinski definition) is 2. The largest absolute Gasteiger partial charge is 0.366 e. The highest BCUT2D eigenvalue weighted by Crippen LogP contribution is 2.16. The molecular weight excluding hydrogens is 285 g/mol. The van der Waals surface area contributed by atoms with Gasteiger partial charge in [0.1, 0.15) is 5.82 Å². The number of anilines is 1. The predicted octanol–water partition coefficient (Wildman–Crippen LogP) is 2.81. The molecule has 3 amide bonds. The number of nitrogens with one attached hydrogen (secondary N) is 2. The summed E-state index contributed by atoms with van der Waals surface area (Å²) in [5, 5.41) is 5.28. The first kappa shape index (κ1) is 15.5. The fraction of sp³-hybridized carbons (Fsp3) is 0.125. The van der Waals surface area contributed by atoms with Gasteiger partial charge in [-0.15, -0.1) is 0 Å². The second-order valence-electron chi connectivity index (χ2n) is 4.78. The molecule has 0 radical (unpaired) electrons. The van der Waals surface area contributed by atoms with Crippen LogP contribution in [-0.4, -0.2) is 11.9 Å². The Labute approximate surface area is 127 Å². The second kappa shape index (κ2) is 6.71. The first-order valence-corrected chi connectivity index (χ1v) is 6.69. The van der Waals surface area contributed by atoms with Crippen LogP contribution in [0.1, 0.15) is 28.9 Å². The molecule has 0 aliphatic heterocycles. The molecule has 0 fully saturated rings. The van der Waals surface area contributed by atoms with Crippen molar-refractivity contribution in [3.63, 3.8) is 0 Å². The highest BCUT2D eigenvalue weighted by atomic mass is 19.1. The second-order valence-corrected chi connectivity index (χ2v) is 4.78. The number of carbonyl (C=O) groups excluding carboxylic acids is 2. The Bertz CT molecular complexity index is 686. The van der Waals surface area contributed by atoms with E-state index >= 15 is 0 Å². The molecular formula is C16H16FN3O2. The van der Waals surface area contributed by atoms with Gasteiger partial charge in [0.05, 0.1) is 17.3 Å². The van der Waals surface area contributed by atoms with E-state index in [4.69, 9.17) is 5.73 Å². The average Bonchev–Trinajstić information content (AvgIpc) is 2.48. The lowest BCUT2D eigenvalue weighted by Crippen LogP contribution is -2.32. The van der Waals surface area contributed by atoms with Crippen molar-refractivity contribution in [2.45, 2.75) is 13.0 Å². The molecule has 1 unspecified atom stereocenters. The van der Waals surface area contributed by atoms with Crippen molar-refractivity contribution in [3.05, 3.63) is 65.5 Å². The quantitative estimate of drug-likeness (QED) is 0.811. The van der Waals surface area contributed by atoms with Crippen LogP contribution in [0.15, 0.2) is 48.5 Å². The number of carbonyl (C=O) groups is 2. The summed E-state index contributed by atoms with van der Waals surface area (Å²) >= 11 is 0. The molecule has 2 aromatic rings. The number of urea groups is 1. The van der Waals surface area contributed by atoms with E-state index in [2.05, 4.69) is 10.6 Å². The number of primary amides is 1. The van der Waals surface area contributed by atoms with Crippen LogP contribution < -0.4 is 16.4 Å². The highest BCUT2D eigenvalue weighted by Gasteiger charge is 2.13. The van der Waals surface area contributed by atoms with Crippen LogP contribution in [0, 0.1) is 5.82 Å². The average molecular weight is 301 g/mol. The number of para-hydroxylation sites is 1. The van der Waals surface area contributed by atoms with E-state index in [9.17, 15) is 14.0 Å². The van der Waals surface area contributed by atoms with E-state index in [0.717, 1.165) is 5.56 Å². The normalized spacial score (nSPS) is 11.5. The number of hydrogen-bond donors (Lipinski definition) is 3. The molecule has 0 saturated heterocycles. The summed E-state index contributed by atoms with van der Waals surface area (Å²) in [5.41, 5.74) is 6.58. The van der Waals surface area contributed by atoms with Crippen LogP contribution in [0.4, 0.5) is 14.9 Å². The van der Waals surface area contributed by atoms with Crippen LogP contribution in [-0.2, 0) is 0 Å². The molecule has 0 bridgehead atoms. The minimum Gasteiger partial charge on any atom is -0.366 e. The smallest absolute Gasteiger partial charge is 0.319 e. The fourth-order valence-electron chi connectivity index (χ4n) is 2.00. The van der Waals surface area contributed by atoms with Gasteiger partial charge in [-0.05, 0) is 36.8 Å². The van der Waals surface area contributed by atoms with E-state index < -0.39 is 11.9 Å². The zero-order valence-electron chi connectivity index (χ0n) is 12.0. The molecule has 0 heterocycles. The maximum Gasteiger partial charge on any atom is 0.319 e. The third-order valence-corrected chi connectivity index (χ3v) is 3.16. The molecule has 0 spiro atoms. The Morgan fingerprint density at radius 3 is 2.36 bits per heavy atom. The van der Waals surface area contributed by atoms with E-state index in [1.54, 1.807) is 37.3 Å². The maximum atomic E-state index is 12.9. The lowest BCUT2D eigenvalue weighted by molar-refractivity contribution is 0.100. The van der Waals surface area contributed by atoms with Gasteiger partial charge in [0.25, 0.3) is 5.91 Å². The molecule has 0 aliphatic rings. The van der Waals surface area contributed by atoms with E-state index in [0.29, 0.717) is 5.69 Å². The lowest BCUT2D eigenvalue weighted by Gasteiger charge is -2.16. The van der Waals surface area contributed by atoms with Gasteiger partial charge in [0, 0.05) is 0 Å². The Morgan fingerprint density at radius 2 is 1.73 bits per heavy atom. The summed E-state index contributed by atoms with van der Waals surface area (Å²) in [6, 6.07) is 11.5. The van der Waals surface area contributed by atoms with Gasteiger partial charge in [0.2, 0.25) is 0 Å². The van der Waals surface area contributed by atoms with Gasteiger partial charge in [0.15, 0.2) is 0 Å². The lowest BCUT2D eigenvalue weighted by atomic mass is 10.1. The minimum atomic E-state index is -0.623. The van der Waals surface area contributed by atoms with Crippen molar-refractivity contribution >= 4 is 17.6 Å². The van der Waals surface area contributed by atoms with Crippen molar-refractivity contribution in [1.29, 1.82) is 0 Å². The molecule has 0 aromatic heterocycles. The molecule has 1 atom stereocenters. The van der Waals surface area contributed by atoms with Crippen molar-refractivity contribution < 1.29 is 14.0 Å². The summed E-state index contributed by atoms with van der Waals surface area (Å²) in [6.45, 7) is 1.77. The van der Waals surface area contributed by atoms with Gasteiger partial charge >= 0.3 is 6.03 Å². The zero-order chi connectivity index (χ0) is 16.1. The van der Waals surface area contributed by atoms with Crippen molar-refractivity contribution in [2.24, 2.45) is 5.73 Å². The summed E-state index contributed by atoms with van der Waals surface area (Å²) in [5.74, 6) is -0.960. The molecule has 2 rings (SSSR count). The number of halogens is 1. The number of nitrogens with two attached hydrogens (primary N) is 1. The van der Waals surface area contributed by atoms with Crippen LogP contribution in [0.25, 0.3) is 0 Å². The van der Waals surface area contributed by atoms with Crippen molar-refractivity contribution in [3.8, 4) is 0 Å². The first-order valence-electron chi connectivity index (χ1n) is 6.69. The number of rotatable bonds is 4. The maximum absolute atomic E-state index is 12.9. The Kier molecular flexibility index (Phi) is 4.73. The summed E-state index contributed by atoms with van der Waals surface area (Å²) in [4.78, 5) is 23.3. The number of benzene rings is 2. The highest BCUT2D eigenvalue weighted by molar-refractivity contribution is 6.02. The predicted molar refractivity (Wildman–Crippen MR) is 81.9 cm³/mol. The van der Waals surface area contributed by atoms with Gasteiger partial charge in [-0.1, -0.05) is 24.3 Å². The molecule has 6 heteroatoms. The fourth-order valence-corrected chi connectivity index (χ4v) is 2.00. The topological polar surface area (TPSA) is 84.2 Å². The van der Waals surface area contributed by atoms with Crippen LogP contribution in [0.5, 0.6) is 0 Å². The standard InChI is InChI=1S/C16H16FN3O2/c1-10(11-6-8-12(17)9-7-11)19-16(22)20-14-5-3-2-4-13(14)15(18)21/h2-10H,1H3,(H2,18,21)(H2,19,20,22). The van der Waals surface area contributed by atoms with Gasteiger partial charge in [-0.2, -0.15) is 0 Å². The molecule has 0 saturated carbocycles. The summed E-state index contributed by atoms with van der Waals surface area (Å²) in [7, 11) is 0. The van der Waals surface area contributed by atoms with E-state index in [1.165, 1.54) is 18.2 Å². The Balaban J connectivity index is 2.04. The van der Waals surface area contributed by atoms with Gasteiger partial charge < -0.3 is 16.4 Å². The Morgan fingerprint density at radius 1 is 1.09 bits per heavy atom. The SMILES string of the molecule is CC(NC(=O)Nc1ccccc1C(N)=O)c1ccc(F)cc1. The molecule has 5 nitrogen and oxygen atoms in total. The summed E-state index contributed by atoms with van der Waals surface area (Å²) in [6.07, 6.45) is 0. The van der Waals surface area contributed by atoms with E-state index in [1.807, 2.05) is 0 Å². The molecule has 22 heavy (non-hydrogen) atoms. The molecule has 114 valence electrons. The monoisotopic (exact) mass is 301 g/mol. The third kappa shape index (κ3) is 3.82. The molecule has 0 aliphatic carbocycles. The molecule has 2 aromatic carbocycles. The van der Waals surface area contributed by atoms with Crippen LogP contribution in [0.2, 0.25) is 0 Å². The third-order valence-electron chi connectivity index (χ3n) is 3.16. The minimum absolute atomic E-state index is 0.229. The van der Waals surface area contributed by atoms with Gasteiger partial charge in [-0.25, -0.2) is 9.18 Å². The first-order chi connectivity index (χ1) is 10.5. The van der Waals surface area contributed by atoms with Gasteiger partial charge in [-0.3, -0.25) is 4.79 Å². The molecule has 4 N–H and O–H groups in total.